The summed E-state index contributed by atoms with van der Waals surface area (Å²) in [7, 11) is 1.81. The molecule has 1 aromatic carbocycles. The van der Waals surface area contributed by atoms with Crippen LogP contribution in [0.3, 0.4) is 0 Å². The van der Waals surface area contributed by atoms with Gasteiger partial charge in [-0.25, -0.2) is 9.67 Å². The largest absolute Gasteiger partial charge is 0.357 e. The van der Waals surface area contributed by atoms with Gasteiger partial charge in [0.15, 0.2) is 5.65 Å². The number of nitrogens with zero attached hydrogens (tertiary/aromatic N) is 4. The van der Waals surface area contributed by atoms with Gasteiger partial charge < -0.3 is 5.32 Å². The van der Waals surface area contributed by atoms with Gasteiger partial charge in [0.2, 0.25) is 5.95 Å². The first-order valence-electron chi connectivity index (χ1n) is 6.30. The van der Waals surface area contributed by atoms with E-state index in [1.165, 1.54) is 0 Å². The van der Waals surface area contributed by atoms with E-state index in [-0.39, 0.29) is 0 Å². The molecule has 0 fully saturated rings. The molecule has 0 atom stereocenters. The van der Waals surface area contributed by atoms with Crippen molar-refractivity contribution in [1.29, 1.82) is 0 Å². The first-order valence-corrected chi connectivity index (χ1v) is 6.30. The molecule has 96 valence electrons. The normalized spacial score (nSPS) is 10.8. The second-order valence-corrected chi connectivity index (χ2v) is 4.21. The van der Waals surface area contributed by atoms with Crippen molar-refractivity contribution in [3.05, 3.63) is 36.5 Å². The topological polar surface area (TPSA) is 55.6 Å². The summed E-state index contributed by atoms with van der Waals surface area (Å²) >= 11 is 0. The maximum atomic E-state index is 4.64. The number of hydrogen-bond donors (Lipinski definition) is 1. The van der Waals surface area contributed by atoms with Gasteiger partial charge >= 0.3 is 0 Å². The Kier molecular flexibility index (Phi) is 2.87. The molecule has 0 saturated carbocycles. The van der Waals surface area contributed by atoms with Crippen molar-refractivity contribution in [3.63, 3.8) is 0 Å². The highest BCUT2D eigenvalue weighted by molar-refractivity contribution is 5.91. The minimum atomic E-state index is 0.613. The molecule has 0 bridgehead atoms. The molecule has 0 radical (unpaired) electrons. The van der Waals surface area contributed by atoms with Gasteiger partial charge in [0.25, 0.3) is 0 Å². The van der Waals surface area contributed by atoms with Crippen LogP contribution < -0.4 is 5.32 Å². The Labute approximate surface area is 111 Å². The summed E-state index contributed by atoms with van der Waals surface area (Å²) in [6.07, 6.45) is 1.83. The maximum Gasteiger partial charge on any atom is 0.224 e. The van der Waals surface area contributed by atoms with E-state index in [4.69, 9.17) is 0 Å². The van der Waals surface area contributed by atoms with E-state index in [9.17, 15) is 0 Å². The molecule has 19 heavy (non-hydrogen) atoms. The number of anilines is 1. The number of fused-ring (bicyclic) bond motifs is 1. The molecular formula is C14H15N5. The highest BCUT2D eigenvalue weighted by Crippen LogP contribution is 2.26. The van der Waals surface area contributed by atoms with Crippen molar-refractivity contribution in [3.8, 4) is 11.3 Å². The molecule has 0 aliphatic heterocycles. The van der Waals surface area contributed by atoms with Crippen molar-refractivity contribution in [2.75, 3.05) is 12.4 Å². The lowest BCUT2D eigenvalue weighted by Gasteiger charge is -1.99. The number of aryl methyl sites for hydroxylation is 1. The Bertz CT molecular complexity index is 702. The highest BCUT2D eigenvalue weighted by Gasteiger charge is 2.13. The van der Waals surface area contributed by atoms with Gasteiger partial charge in [-0.3, -0.25) is 0 Å². The van der Waals surface area contributed by atoms with Gasteiger partial charge in [0, 0.05) is 25.4 Å². The lowest BCUT2D eigenvalue weighted by atomic mass is 10.1. The molecule has 3 rings (SSSR count). The van der Waals surface area contributed by atoms with Gasteiger partial charge in [0.1, 0.15) is 5.69 Å². The number of nitrogens with one attached hydrogen (secondary N) is 1. The van der Waals surface area contributed by atoms with Gasteiger partial charge in [-0.1, -0.05) is 30.3 Å². The van der Waals surface area contributed by atoms with E-state index in [1.54, 1.807) is 0 Å². The second kappa shape index (κ2) is 4.68. The van der Waals surface area contributed by atoms with E-state index in [0.717, 1.165) is 28.8 Å². The van der Waals surface area contributed by atoms with Crippen LogP contribution in [0.4, 0.5) is 5.95 Å². The van der Waals surface area contributed by atoms with Crippen molar-refractivity contribution >= 4 is 17.0 Å². The number of aromatic nitrogens is 4. The minimum Gasteiger partial charge on any atom is -0.357 e. The van der Waals surface area contributed by atoms with E-state index < -0.39 is 0 Å². The van der Waals surface area contributed by atoms with Gasteiger partial charge in [-0.05, 0) is 6.92 Å². The Morgan fingerprint density at radius 2 is 2.00 bits per heavy atom. The molecule has 1 N–H and O–H groups in total. The van der Waals surface area contributed by atoms with Crippen molar-refractivity contribution in [1.82, 2.24) is 19.7 Å². The summed E-state index contributed by atoms with van der Waals surface area (Å²) in [5, 5.41) is 8.57. The summed E-state index contributed by atoms with van der Waals surface area (Å²) in [5.41, 5.74) is 2.88. The molecular weight excluding hydrogens is 238 g/mol. The molecule has 5 nitrogen and oxygen atoms in total. The molecule has 0 unspecified atom stereocenters. The maximum absolute atomic E-state index is 4.64. The van der Waals surface area contributed by atoms with Gasteiger partial charge in [-0.15, -0.1) is 0 Å². The quantitative estimate of drug-likeness (QED) is 0.779. The minimum absolute atomic E-state index is 0.613. The fourth-order valence-electron chi connectivity index (χ4n) is 2.11. The van der Waals surface area contributed by atoms with Crippen LogP contribution in [0.2, 0.25) is 0 Å². The van der Waals surface area contributed by atoms with Crippen LogP contribution >= 0.6 is 0 Å². The summed E-state index contributed by atoms with van der Waals surface area (Å²) < 4.78 is 1.90. The first-order chi connectivity index (χ1) is 9.33. The Balaban J connectivity index is 2.27. The molecule has 0 aliphatic carbocycles. The Morgan fingerprint density at radius 3 is 2.68 bits per heavy atom. The number of benzene rings is 1. The van der Waals surface area contributed by atoms with Crippen LogP contribution in [-0.2, 0) is 6.54 Å². The van der Waals surface area contributed by atoms with Crippen LogP contribution in [-0.4, -0.2) is 26.8 Å². The van der Waals surface area contributed by atoms with Crippen molar-refractivity contribution < 1.29 is 0 Å². The zero-order chi connectivity index (χ0) is 13.2. The molecule has 5 heteroatoms. The monoisotopic (exact) mass is 253 g/mol. The summed E-state index contributed by atoms with van der Waals surface area (Å²) in [4.78, 5) is 8.77. The zero-order valence-electron chi connectivity index (χ0n) is 11.0. The molecule has 0 saturated heterocycles. The van der Waals surface area contributed by atoms with Gasteiger partial charge in [0.05, 0.1) is 5.39 Å². The lowest BCUT2D eigenvalue weighted by molar-refractivity contribution is 0.679. The second-order valence-electron chi connectivity index (χ2n) is 4.21. The average molecular weight is 253 g/mol. The summed E-state index contributed by atoms with van der Waals surface area (Å²) in [6.45, 7) is 2.84. The average Bonchev–Trinajstić information content (AvgIpc) is 2.86. The van der Waals surface area contributed by atoms with E-state index in [1.807, 2.05) is 48.3 Å². The standard InChI is InChI=1S/C14H15N5/c1-3-19-13-11(9-16-14(15-2)17-13)12(18-19)10-7-5-4-6-8-10/h4-9H,3H2,1-2H3,(H,15,16,17). The van der Waals surface area contributed by atoms with E-state index >= 15 is 0 Å². The third kappa shape index (κ3) is 1.93. The molecule has 3 aromatic rings. The van der Waals surface area contributed by atoms with Crippen LogP contribution in [0, 0.1) is 0 Å². The van der Waals surface area contributed by atoms with Crippen LogP contribution in [0.15, 0.2) is 36.5 Å². The molecule has 0 amide bonds. The smallest absolute Gasteiger partial charge is 0.224 e. The Hall–Kier alpha value is -2.43. The fraction of sp³-hybridized carbons (Fsp3) is 0.214. The first kappa shape index (κ1) is 11.6. The van der Waals surface area contributed by atoms with Crippen LogP contribution in [0.5, 0.6) is 0 Å². The fourth-order valence-corrected chi connectivity index (χ4v) is 2.11. The summed E-state index contributed by atoms with van der Waals surface area (Å²) in [5.74, 6) is 0.613. The van der Waals surface area contributed by atoms with Gasteiger partial charge in [-0.2, -0.15) is 10.1 Å². The molecule has 0 spiro atoms. The molecule has 2 aromatic heterocycles. The third-order valence-corrected chi connectivity index (χ3v) is 3.06. The van der Waals surface area contributed by atoms with Crippen LogP contribution in [0.1, 0.15) is 6.92 Å². The predicted octanol–water partition coefficient (Wildman–Crippen LogP) is 2.55. The van der Waals surface area contributed by atoms with Crippen molar-refractivity contribution in [2.45, 2.75) is 13.5 Å². The van der Waals surface area contributed by atoms with Crippen LogP contribution in [0.25, 0.3) is 22.3 Å². The number of rotatable bonds is 3. The Morgan fingerprint density at radius 1 is 1.21 bits per heavy atom. The van der Waals surface area contributed by atoms with E-state index in [2.05, 4.69) is 27.3 Å². The summed E-state index contributed by atoms with van der Waals surface area (Å²) in [6, 6.07) is 10.1. The number of hydrogen-bond acceptors (Lipinski definition) is 4. The zero-order valence-corrected chi connectivity index (χ0v) is 11.0. The SMILES string of the molecule is CCn1nc(-c2ccccc2)c2cnc(NC)nc21. The predicted molar refractivity (Wildman–Crippen MR) is 76.0 cm³/mol. The highest BCUT2D eigenvalue weighted by atomic mass is 15.3. The molecule has 0 aliphatic rings. The van der Waals surface area contributed by atoms with Crippen molar-refractivity contribution in [2.24, 2.45) is 0 Å². The molecule has 2 heterocycles. The third-order valence-electron chi connectivity index (χ3n) is 3.06. The van der Waals surface area contributed by atoms with E-state index in [0.29, 0.717) is 5.95 Å². The lowest BCUT2D eigenvalue weighted by Crippen LogP contribution is -2.00.